The highest BCUT2D eigenvalue weighted by Gasteiger charge is 2.30. The lowest BCUT2D eigenvalue weighted by molar-refractivity contribution is -0.137. The van der Waals surface area contributed by atoms with Crippen molar-refractivity contribution in [3.63, 3.8) is 0 Å². The fourth-order valence-electron chi connectivity index (χ4n) is 3.16. The minimum atomic E-state index is -4.41. The second-order valence-electron chi connectivity index (χ2n) is 6.42. The molecule has 0 unspecified atom stereocenters. The topological polar surface area (TPSA) is 49.4 Å². The molecule has 0 spiro atoms. The largest absolute Gasteiger partial charge is 0.416 e. The van der Waals surface area contributed by atoms with Crippen LogP contribution < -0.4 is 5.32 Å². The Morgan fingerprint density at radius 1 is 1.08 bits per heavy atom. The Balaban J connectivity index is 1.97. The molecule has 1 aromatic rings. The van der Waals surface area contributed by atoms with Crippen LogP contribution in [0, 0.1) is 0 Å². The van der Waals surface area contributed by atoms with Gasteiger partial charge in [-0.3, -0.25) is 9.59 Å². The van der Waals surface area contributed by atoms with Gasteiger partial charge in [0, 0.05) is 18.7 Å². The highest BCUT2D eigenvalue weighted by atomic mass is 19.4. The number of carbonyl (C=O) groups is 2. The molecule has 0 atom stereocenters. The van der Waals surface area contributed by atoms with Crippen LogP contribution >= 0.6 is 0 Å². The Hall–Kier alpha value is -2.05. The molecule has 2 amide bonds. The predicted molar refractivity (Wildman–Crippen MR) is 89.0 cm³/mol. The number of nitrogens with one attached hydrogen (secondary N) is 1. The molecule has 0 aromatic heterocycles. The van der Waals surface area contributed by atoms with Crippen LogP contribution in [0.1, 0.15) is 51.0 Å². The van der Waals surface area contributed by atoms with Crippen LogP contribution in [0.25, 0.3) is 0 Å². The summed E-state index contributed by atoms with van der Waals surface area (Å²) >= 11 is 0. The Morgan fingerprint density at radius 3 is 2.12 bits per heavy atom. The smallest absolute Gasteiger partial charge is 0.331 e. The van der Waals surface area contributed by atoms with Crippen LogP contribution in [0.3, 0.4) is 0 Å². The van der Waals surface area contributed by atoms with Crippen molar-refractivity contribution in [1.29, 1.82) is 0 Å². The van der Waals surface area contributed by atoms with Crippen molar-refractivity contribution in [3.05, 3.63) is 29.8 Å². The summed E-state index contributed by atoms with van der Waals surface area (Å²) in [5, 5.41) is 2.56. The van der Waals surface area contributed by atoms with Crippen molar-refractivity contribution >= 4 is 17.5 Å². The maximum absolute atomic E-state index is 12.6. The molecule has 0 aliphatic heterocycles. The molecule has 1 aromatic carbocycles. The number of nitrogens with zero attached hydrogens (tertiary/aromatic N) is 1. The van der Waals surface area contributed by atoms with Gasteiger partial charge in [-0.1, -0.05) is 25.7 Å². The lowest BCUT2D eigenvalue weighted by atomic mass is 10.1. The van der Waals surface area contributed by atoms with Gasteiger partial charge in [0.15, 0.2) is 0 Å². The quantitative estimate of drug-likeness (QED) is 0.822. The Labute approximate surface area is 145 Å². The van der Waals surface area contributed by atoms with Gasteiger partial charge in [-0.25, -0.2) is 0 Å². The average Bonchev–Trinajstić information content (AvgIpc) is 2.81. The molecule has 7 heteroatoms. The highest BCUT2D eigenvalue weighted by Crippen LogP contribution is 2.29. The first-order chi connectivity index (χ1) is 11.8. The zero-order valence-corrected chi connectivity index (χ0v) is 14.2. The summed E-state index contributed by atoms with van der Waals surface area (Å²) in [5.74, 6) is -0.561. The van der Waals surface area contributed by atoms with Gasteiger partial charge in [0.1, 0.15) is 6.54 Å². The fourth-order valence-corrected chi connectivity index (χ4v) is 3.16. The van der Waals surface area contributed by atoms with E-state index in [2.05, 4.69) is 5.32 Å². The van der Waals surface area contributed by atoms with Crippen LogP contribution in [-0.2, 0) is 15.8 Å². The minimum Gasteiger partial charge on any atom is -0.331 e. The number of halogens is 3. The molecule has 1 aliphatic carbocycles. The summed E-state index contributed by atoms with van der Waals surface area (Å²) in [7, 11) is 0. The molecule has 0 radical (unpaired) electrons. The third-order valence-corrected chi connectivity index (χ3v) is 4.48. The first kappa shape index (κ1) is 19.3. The fraction of sp³-hybridized carbons (Fsp3) is 0.556. The van der Waals surface area contributed by atoms with E-state index in [0.29, 0.717) is 0 Å². The molecule has 1 saturated carbocycles. The van der Waals surface area contributed by atoms with Crippen LogP contribution in [0.2, 0.25) is 0 Å². The van der Waals surface area contributed by atoms with Gasteiger partial charge < -0.3 is 10.2 Å². The van der Waals surface area contributed by atoms with Crippen LogP contribution in [0.5, 0.6) is 0 Å². The molecular weight excluding hydrogens is 333 g/mol. The monoisotopic (exact) mass is 356 g/mol. The number of carbonyl (C=O) groups excluding carboxylic acids is 2. The van der Waals surface area contributed by atoms with E-state index in [1.54, 1.807) is 4.90 Å². The zero-order chi connectivity index (χ0) is 18.4. The van der Waals surface area contributed by atoms with E-state index in [9.17, 15) is 22.8 Å². The molecule has 1 fully saturated rings. The summed E-state index contributed by atoms with van der Waals surface area (Å²) < 4.78 is 37.7. The standard InChI is InChI=1S/C18H23F3N2O2/c1-13(24)23(16-6-4-2-3-5-7-16)12-17(25)22-15-10-8-14(9-11-15)18(19,20)21/h8-11,16H,2-7,12H2,1H3,(H,22,25). The van der Waals surface area contributed by atoms with Gasteiger partial charge in [0.25, 0.3) is 0 Å². The van der Waals surface area contributed by atoms with Gasteiger partial charge in [0.05, 0.1) is 5.56 Å². The van der Waals surface area contributed by atoms with Gasteiger partial charge in [-0.15, -0.1) is 0 Å². The van der Waals surface area contributed by atoms with E-state index in [4.69, 9.17) is 0 Å². The highest BCUT2D eigenvalue weighted by molar-refractivity contribution is 5.94. The van der Waals surface area contributed by atoms with Crippen molar-refractivity contribution in [3.8, 4) is 0 Å². The van der Waals surface area contributed by atoms with Crippen molar-refractivity contribution < 1.29 is 22.8 Å². The van der Waals surface area contributed by atoms with E-state index in [-0.39, 0.29) is 24.2 Å². The summed E-state index contributed by atoms with van der Waals surface area (Å²) in [6, 6.07) is 4.32. The maximum Gasteiger partial charge on any atom is 0.416 e. The second kappa shape index (κ2) is 8.36. The average molecular weight is 356 g/mol. The summed E-state index contributed by atoms with van der Waals surface area (Å²) in [5.41, 5.74) is -0.489. The number of hydrogen-bond donors (Lipinski definition) is 1. The Kier molecular flexibility index (Phi) is 6.45. The molecule has 1 N–H and O–H groups in total. The first-order valence-electron chi connectivity index (χ1n) is 8.51. The van der Waals surface area contributed by atoms with Crippen LogP contribution in [-0.4, -0.2) is 29.3 Å². The van der Waals surface area contributed by atoms with Crippen LogP contribution in [0.4, 0.5) is 18.9 Å². The maximum atomic E-state index is 12.6. The molecule has 0 heterocycles. The molecule has 138 valence electrons. The lowest BCUT2D eigenvalue weighted by Crippen LogP contribution is -2.43. The van der Waals surface area contributed by atoms with Crippen molar-refractivity contribution in [1.82, 2.24) is 4.90 Å². The number of hydrogen-bond acceptors (Lipinski definition) is 2. The number of anilines is 1. The summed E-state index contributed by atoms with van der Waals surface area (Å²) in [4.78, 5) is 25.7. The van der Waals surface area contributed by atoms with E-state index in [1.165, 1.54) is 19.1 Å². The number of amides is 2. The number of alkyl halides is 3. The summed E-state index contributed by atoms with van der Waals surface area (Å²) in [6.45, 7) is 1.36. The van der Waals surface area contributed by atoms with Gasteiger partial charge in [-0.05, 0) is 37.1 Å². The minimum absolute atomic E-state index is 0.0540. The van der Waals surface area contributed by atoms with E-state index < -0.39 is 17.6 Å². The summed E-state index contributed by atoms with van der Waals surface area (Å²) in [6.07, 6.45) is 1.71. The van der Waals surface area contributed by atoms with Gasteiger partial charge >= 0.3 is 6.18 Å². The number of rotatable bonds is 4. The first-order valence-corrected chi connectivity index (χ1v) is 8.51. The van der Waals surface area contributed by atoms with Crippen molar-refractivity contribution in [2.24, 2.45) is 0 Å². The lowest BCUT2D eigenvalue weighted by Gasteiger charge is -2.29. The van der Waals surface area contributed by atoms with E-state index >= 15 is 0 Å². The predicted octanol–water partition coefficient (Wildman–Crippen LogP) is 4.22. The van der Waals surface area contributed by atoms with Gasteiger partial charge in [0.2, 0.25) is 11.8 Å². The Bertz CT molecular complexity index is 591. The molecule has 0 bridgehead atoms. The molecular formula is C18H23F3N2O2. The molecule has 2 rings (SSSR count). The van der Waals surface area contributed by atoms with E-state index in [1.807, 2.05) is 0 Å². The SMILES string of the molecule is CC(=O)N(CC(=O)Nc1ccc(C(F)(F)F)cc1)C1CCCCCC1. The molecule has 4 nitrogen and oxygen atoms in total. The van der Waals surface area contributed by atoms with Crippen molar-refractivity contribution in [2.75, 3.05) is 11.9 Å². The molecule has 25 heavy (non-hydrogen) atoms. The Morgan fingerprint density at radius 2 is 1.64 bits per heavy atom. The zero-order valence-electron chi connectivity index (χ0n) is 14.2. The van der Waals surface area contributed by atoms with Crippen molar-refractivity contribution in [2.45, 2.75) is 57.7 Å². The third kappa shape index (κ3) is 5.76. The third-order valence-electron chi connectivity index (χ3n) is 4.48. The van der Waals surface area contributed by atoms with Crippen LogP contribution in [0.15, 0.2) is 24.3 Å². The molecule has 0 saturated heterocycles. The van der Waals surface area contributed by atoms with E-state index in [0.717, 1.165) is 50.7 Å². The normalized spacial score (nSPS) is 16.2. The molecule has 1 aliphatic rings. The number of benzene rings is 1. The van der Waals surface area contributed by atoms with Gasteiger partial charge in [-0.2, -0.15) is 13.2 Å². The second-order valence-corrected chi connectivity index (χ2v) is 6.42.